The summed E-state index contributed by atoms with van der Waals surface area (Å²) in [6.07, 6.45) is -4.59. The molecule has 32 heavy (non-hydrogen) atoms. The fraction of sp³-hybridized carbons (Fsp3) is 0.240. The Balaban J connectivity index is 1.91. The van der Waals surface area contributed by atoms with Gasteiger partial charge in [0.2, 0.25) is 11.2 Å². The van der Waals surface area contributed by atoms with Crippen molar-refractivity contribution >= 4 is 21.7 Å². The Kier molecular flexibility index (Phi) is 5.59. The van der Waals surface area contributed by atoms with Gasteiger partial charge in [0.05, 0.1) is 11.5 Å². The number of fused-ring (bicyclic) bond motifs is 2. The second-order valence-corrected chi connectivity index (χ2v) is 7.67. The molecule has 4 rings (SSSR count). The van der Waals surface area contributed by atoms with Crippen molar-refractivity contribution in [2.24, 2.45) is 0 Å². The predicted octanol–water partition coefficient (Wildman–Crippen LogP) is 7.11. The summed E-state index contributed by atoms with van der Waals surface area (Å²) in [6, 6.07) is 15.0. The van der Waals surface area contributed by atoms with Crippen LogP contribution in [0.2, 0.25) is 0 Å². The third-order valence-corrected chi connectivity index (χ3v) is 4.97. The van der Waals surface area contributed by atoms with Gasteiger partial charge in [0.25, 0.3) is 5.76 Å². The third-order valence-electron chi connectivity index (χ3n) is 4.97. The molecule has 1 aromatic heterocycles. The summed E-state index contributed by atoms with van der Waals surface area (Å²) in [5.41, 5.74) is -0.409. The van der Waals surface area contributed by atoms with Crippen molar-refractivity contribution in [2.45, 2.75) is 39.5 Å². The Morgan fingerprint density at radius 1 is 1.00 bits per heavy atom. The molecule has 0 radical (unpaired) electrons. The van der Waals surface area contributed by atoms with E-state index in [1.165, 1.54) is 18.2 Å². The van der Waals surface area contributed by atoms with E-state index >= 15 is 0 Å². The monoisotopic (exact) mass is 442 g/mol. The molecule has 4 nitrogen and oxygen atoms in total. The zero-order chi connectivity index (χ0) is 23.0. The summed E-state index contributed by atoms with van der Waals surface area (Å²) in [4.78, 5) is 13.1. The quantitative estimate of drug-likeness (QED) is 0.331. The molecule has 0 saturated heterocycles. The molecule has 0 amide bonds. The summed E-state index contributed by atoms with van der Waals surface area (Å²) in [5.74, 6) is -1.88. The maximum Gasteiger partial charge on any atom is 0.453 e. The molecule has 0 saturated carbocycles. The van der Waals surface area contributed by atoms with Crippen LogP contribution in [0.5, 0.6) is 17.2 Å². The first kappa shape index (κ1) is 21.7. The lowest BCUT2D eigenvalue weighted by Gasteiger charge is -2.17. The van der Waals surface area contributed by atoms with Gasteiger partial charge in [0.1, 0.15) is 17.1 Å². The standard InChI is InChI=1S/C25H21F3O4/c1-4-15-12-19-21(13-20(15)30-14(2)3)32-24(25(26,27)28)23(22(19)29)31-18-10-9-16-7-5-6-8-17(16)11-18/h5-14H,4H2,1-3H3. The second-order valence-electron chi connectivity index (χ2n) is 7.67. The van der Waals surface area contributed by atoms with E-state index < -0.39 is 23.1 Å². The SMILES string of the molecule is CCc1cc2c(=O)c(Oc3ccc4ccccc4c3)c(C(F)(F)F)oc2cc1OC(C)C. The first-order chi connectivity index (χ1) is 15.2. The van der Waals surface area contributed by atoms with Crippen LogP contribution in [0.15, 0.2) is 63.8 Å². The van der Waals surface area contributed by atoms with Crippen molar-refractivity contribution in [2.75, 3.05) is 0 Å². The van der Waals surface area contributed by atoms with Gasteiger partial charge >= 0.3 is 6.18 Å². The van der Waals surface area contributed by atoms with E-state index in [-0.39, 0.29) is 22.8 Å². The molecule has 166 valence electrons. The molecule has 1 heterocycles. The van der Waals surface area contributed by atoms with E-state index in [1.54, 1.807) is 38.1 Å². The molecular weight excluding hydrogens is 421 g/mol. The summed E-state index contributed by atoms with van der Waals surface area (Å²) >= 11 is 0. The smallest absolute Gasteiger partial charge is 0.453 e. The van der Waals surface area contributed by atoms with Gasteiger partial charge in [-0.05, 0) is 54.8 Å². The molecule has 0 N–H and O–H groups in total. The van der Waals surface area contributed by atoms with Gasteiger partial charge in [-0.1, -0.05) is 37.3 Å². The highest BCUT2D eigenvalue weighted by Crippen LogP contribution is 2.39. The Morgan fingerprint density at radius 3 is 2.38 bits per heavy atom. The number of halogens is 3. The van der Waals surface area contributed by atoms with Gasteiger partial charge < -0.3 is 13.9 Å². The third kappa shape index (κ3) is 4.15. The Labute approximate surface area is 182 Å². The topological polar surface area (TPSA) is 48.7 Å². The first-order valence-electron chi connectivity index (χ1n) is 10.2. The van der Waals surface area contributed by atoms with Crippen LogP contribution < -0.4 is 14.9 Å². The van der Waals surface area contributed by atoms with Crippen LogP contribution in [0.3, 0.4) is 0 Å². The summed E-state index contributed by atoms with van der Waals surface area (Å²) in [5, 5.41) is 1.67. The molecule has 0 bridgehead atoms. The highest BCUT2D eigenvalue weighted by atomic mass is 19.4. The predicted molar refractivity (Wildman–Crippen MR) is 117 cm³/mol. The minimum absolute atomic E-state index is 0.00162. The maximum absolute atomic E-state index is 13.8. The van der Waals surface area contributed by atoms with Crippen LogP contribution in [0.1, 0.15) is 32.1 Å². The fourth-order valence-electron chi connectivity index (χ4n) is 3.52. The molecular formula is C25H21F3O4. The van der Waals surface area contributed by atoms with E-state index in [9.17, 15) is 18.0 Å². The van der Waals surface area contributed by atoms with E-state index in [0.717, 1.165) is 10.8 Å². The molecule has 7 heteroatoms. The van der Waals surface area contributed by atoms with Crippen LogP contribution in [-0.2, 0) is 12.6 Å². The van der Waals surface area contributed by atoms with E-state index in [1.807, 2.05) is 19.1 Å². The fourth-order valence-corrected chi connectivity index (χ4v) is 3.52. The number of rotatable bonds is 5. The van der Waals surface area contributed by atoms with Gasteiger partial charge in [-0.25, -0.2) is 0 Å². The number of alkyl halides is 3. The van der Waals surface area contributed by atoms with Gasteiger partial charge in [-0.15, -0.1) is 0 Å². The molecule has 0 atom stereocenters. The van der Waals surface area contributed by atoms with Gasteiger partial charge in [-0.2, -0.15) is 13.2 Å². The van der Waals surface area contributed by atoms with Crippen molar-refractivity contribution in [3.63, 3.8) is 0 Å². The Bertz CT molecular complexity index is 1350. The zero-order valence-corrected chi connectivity index (χ0v) is 17.7. The summed E-state index contributed by atoms with van der Waals surface area (Å²) in [6.45, 7) is 5.48. The van der Waals surface area contributed by atoms with Crippen LogP contribution in [0.4, 0.5) is 13.2 Å². The molecule has 0 unspecified atom stereocenters. The highest BCUT2D eigenvalue weighted by Gasteiger charge is 2.40. The lowest BCUT2D eigenvalue weighted by molar-refractivity contribution is -0.154. The lowest BCUT2D eigenvalue weighted by Crippen LogP contribution is -2.16. The molecule has 4 aromatic rings. The molecule has 0 spiro atoms. The van der Waals surface area contributed by atoms with Gasteiger partial charge in [0.15, 0.2) is 0 Å². The van der Waals surface area contributed by atoms with Gasteiger partial charge in [-0.3, -0.25) is 4.79 Å². The van der Waals surface area contributed by atoms with E-state index in [2.05, 4.69) is 0 Å². The van der Waals surface area contributed by atoms with E-state index in [4.69, 9.17) is 13.9 Å². The average molecular weight is 442 g/mol. The normalized spacial score (nSPS) is 12.0. The maximum atomic E-state index is 13.8. The average Bonchev–Trinajstić information content (AvgIpc) is 2.74. The summed E-state index contributed by atoms with van der Waals surface area (Å²) in [7, 11) is 0. The number of hydrogen-bond acceptors (Lipinski definition) is 4. The second kappa shape index (κ2) is 8.22. The Hall–Kier alpha value is -3.48. The van der Waals surface area contributed by atoms with Crippen LogP contribution >= 0.6 is 0 Å². The first-order valence-corrected chi connectivity index (χ1v) is 10.2. The van der Waals surface area contributed by atoms with Crippen molar-refractivity contribution in [3.8, 4) is 17.2 Å². The summed E-state index contributed by atoms with van der Waals surface area (Å²) < 4.78 is 57.9. The minimum Gasteiger partial charge on any atom is -0.491 e. The minimum atomic E-state index is -4.93. The van der Waals surface area contributed by atoms with Gasteiger partial charge in [0, 0.05) is 6.07 Å². The molecule has 0 aliphatic carbocycles. The van der Waals surface area contributed by atoms with Crippen LogP contribution in [0.25, 0.3) is 21.7 Å². The van der Waals surface area contributed by atoms with E-state index in [0.29, 0.717) is 17.7 Å². The number of ether oxygens (including phenoxy) is 2. The zero-order valence-electron chi connectivity index (χ0n) is 17.7. The highest BCUT2D eigenvalue weighted by molar-refractivity contribution is 5.84. The lowest BCUT2D eigenvalue weighted by atomic mass is 10.1. The largest absolute Gasteiger partial charge is 0.491 e. The molecule has 0 aliphatic heterocycles. The van der Waals surface area contributed by atoms with Crippen molar-refractivity contribution in [1.29, 1.82) is 0 Å². The Morgan fingerprint density at radius 2 is 1.72 bits per heavy atom. The number of aryl methyl sites for hydroxylation is 1. The number of hydrogen-bond donors (Lipinski definition) is 0. The molecule has 0 fully saturated rings. The number of benzene rings is 3. The van der Waals surface area contributed by atoms with Crippen molar-refractivity contribution in [3.05, 3.63) is 76.1 Å². The van der Waals surface area contributed by atoms with Crippen LogP contribution in [-0.4, -0.2) is 6.10 Å². The van der Waals surface area contributed by atoms with Crippen molar-refractivity contribution in [1.82, 2.24) is 0 Å². The molecule has 3 aromatic carbocycles. The molecule has 0 aliphatic rings. The van der Waals surface area contributed by atoms with Crippen LogP contribution in [0, 0.1) is 0 Å². The van der Waals surface area contributed by atoms with Crippen molar-refractivity contribution < 1.29 is 27.1 Å².